The van der Waals surface area contributed by atoms with Crippen molar-refractivity contribution < 1.29 is 14.3 Å². The monoisotopic (exact) mass is 490 g/mol. The number of fused-ring (bicyclic) bond motifs is 1. The zero-order valence-electron chi connectivity index (χ0n) is 20.1. The van der Waals surface area contributed by atoms with E-state index in [0.29, 0.717) is 37.8 Å². The minimum atomic E-state index is -0.801. The van der Waals surface area contributed by atoms with E-state index < -0.39 is 6.04 Å². The molecule has 180 valence electrons. The summed E-state index contributed by atoms with van der Waals surface area (Å²) in [5, 5.41) is 6.05. The number of hydrogen-bond donors (Lipinski definition) is 2. The van der Waals surface area contributed by atoms with Gasteiger partial charge in [-0.1, -0.05) is 29.8 Å². The zero-order valence-corrected chi connectivity index (χ0v) is 20.9. The number of aromatic nitrogens is 2. The van der Waals surface area contributed by atoms with Gasteiger partial charge in [0.05, 0.1) is 29.4 Å². The van der Waals surface area contributed by atoms with Crippen LogP contribution >= 0.6 is 11.3 Å². The summed E-state index contributed by atoms with van der Waals surface area (Å²) in [5.41, 5.74) is 3.40. The van der Waals surface area contributed by atoms with Gasteiger partial charge in [0.1, 0.15) is 16.6 Å². The second-order valence-electron chi connectivity index (χ2n) is 8.33. The number of benzene rings is 2. The fraction of sp³-hybridized carbons (Fsp3) is 0.231. The Morgan fingerprint density at radius 1 is 1.06 bits per heavy atom. The average molecular weight is 491 g/mol. The first-order chi connectivity index (χ1) is 16.7. The maximum absolute atomic E-state index is 13.4. The Bertz CT molecular complexity index is 1510. The van der Waals surface area contributed by atoms with Crippen LogP contribution < -0.4 is 20.9 Å². The quantitative estimate of drug-likeness (QED) is 0.403. The molecule has 35 heavy (non-hydrogen) atoms. The molecule has 0 aliphatic carbocycles. The molecule has 4 rings (SSSR count). The first-order valence-corrected chi connectivity index (χ1v) is 11.9. The lowest BCUT2D eigenvalue weighted by molar-refractivity contribution is -0.118. The SMILES string of the molecule is COc1ccccc1NC(=O)c1sc2ncn([C@H](C)C(=O)Nc3ccc(C)cc3C)c(=O)c2c1C. The van der Waals surface area contributed by atoms with Gasteiger partial charge in [-0.3, -0.25) is 19.0 Å². The molecule has 0 unspecified atom stereocenters. The molecular weight excluding hydrogens is 464 g/mol. The van der Waals surface area contributed by atoms with Gasteiger partial charge in [0.15, 0.2) is 0 Å². The van der Waals surface area contributed by atoms with Gasteiger partial charge < -0.3 is 15.4 Å². The van der Waals surface area contributed by atoms with E-state index in [4.69, 9.17) is 4.74 Å². The summed E-state index contributed by atoms with van der Waals surface area (Å²) in [6.07, 6.45) is 1.36. The highest BCUT2D eigenvalue weighted by Crippen LogP contribution is 2.30. The van der Waals surface area contributed by atoms with Crippen molar-refractivity contribution in [1.82, 2.24) is 9.55 Å². The van der Waals surface area contributed by atoms with Crippen molar-refractivity contribution in [2.75, 3.05) is 17.7 Å². The predicted octanol–water partition coefficient (Wildman–Crippen LogP) is 4.84. The molecule has 0 saturated carbocycles. The number of para-hydroxylation sites is 2. The van der Waals surface area contributed by atoms with Crippen LogP contribution in [-0.4, -0.2) is 28.5 Å². The Labute approximate surface area is 206 Å². The highest BCUT2D eigenvalue weighted by Gasteiger charge is 2.23. The Morgan fingerprint density at radius 3 is 2.51 bits per heavy atom. The van der Waals surface area contributed by atoms with Crippen LogP contribution in [0.1, 0.15) is 39.3 Å². The van der Waals surface area contributed by atoms with Gasteiger partial charge in [0.2, 0.25) is 5.91 Å². The number of methoxy groups -OCH3 is 1. The van der Waals surface area contributed by atoms with Crippen molar-refractivity contribution >= 4 is 44.7 Å². The third kappa shape index (κ3) is 4.67. The molecule has 8 nitrogen and oxygen atoms in total. The number of thiophene rings is 1. The number of aryl methyl sites for hydroxylation is 3. The van der Waals surface area contributed by atoms with Crippen LogP contribution in [0.15, 0.2) is 53.6 Å². The number of ether oxygens (including phenoxy) is 1. The van der Waals surface area contributed by atoms with E-state index in [9.17, 15) is 14.4 Å². The lowest BCUT2D eigenvalue weighted by atomic mass is 10.1. The minimum absolute atomic E-state index is 0.328. The van der Waals surface area contributed by atoms with Crippen molar-refractivity contribution in [3.8, 4) is 5.75 Å². The van der Waals surface area contributed by atoms with E-state index in [0.717, 1.165) is 22.5 Å². The van der Waals surface area contributed by atoms with Crippen molar-refractivity contribution in [2.45, 2.75) is 33.7 Å². The van der Waals surface area contributed by atoms with E-state index >= 15 is 0 Å². The number of rotatable bonds is 6. The molecule has 2 heterocycles. The normalized spacial score (nSPS) is 11.8. The number of carbonyl (C=O) groups is 2. The molecule has 4 aromatic rings. The maximum Gasteiger partial charge on any atom is 0.266 e. The molecule has 0 aliphatic rings. The van der Waals surface area contributed by atoms with Crippen molar-refractivity contribution in [3.05, 3.63) is 80.7 Å². The van der Waals surface area contributed by atoms with Crippen LogP contribution in [0.3, 0.4) is 0 Å². The van der Waals surface area contributed by atoms with Gasteiger partial charge in [-0.2, -0.15) is 0 Å². The van der Waals surface area contributed by atoms with Gasteiger partial charge >= 0.3 is 0 Å². The van der Waals surface area contributed by atoms with E-state index in [1.807, 2.05) is 38.1 Å². The minimum Gasteiger partial charge on any atom is -0.495 e. The number of amides is 2. The molecule has 0 spiro atoms. The van der Waals surface area contributed by atoms with Crippen molar-refractivity contribution in [1.29, 1.82) is 0 Å². The first-order valence-electron chi connectivity index (χ1n) is 11.0. The number of nitrogens with one attached hydrogen (secondary N) is 2. The standard InChI is InChI=1S/C26H26N4O4S/c1-14-10-11-18(15(2)12-14)28-23(31)17(4)30-13-27-25-21(26(30)33)16(3)22(35-25)24(32)29-19-8-6-7-9-20(19)34-5/h6-13,17H,1-5H3,(H,28,31)(H,29,32)/t17-/m1/s1. The Morgan fingerprint density at radius 2 is 1.80 bits per heavy atom. The van der Waals surface area contributed by atoms with Crippen LogP contribution in [0, 0.1) is 20.8 Å². The van der Waals surface area contributed by atoms with Gasteiger partial charge in [-0.25, -0.2) is 4.98 Å². The number of anilines is 2. The van der Waals surface area contributed by atoms with Crippen LogP contribution in [0.4, 0.5) is 11.4 Å². The Balaban J connectivity index is 1.63. The molecule has 0 aliphatic heterocycles. The molecule has 2 N–H and O–H groups in total. The van der Waals surface area contributed by atoms with Crippen LogP contribution in [0.25, 0.3) is 10.2 Å². The van der Waals surface area contributed by atoms with E-state index in [-0.39, 0.29) is 17.4 Å². The molecule has 9 heteroatoms. The van der Waals surface area contributed by atoms with Gasteiger partial charge in [0.25, 0.3) is 11.5 Å². The summed E-state index contributed by atoms with van der Waals surface area (Å²) in [4.78, 5) is 44.5. The summed E-state index contributed by atoms with van der Waals surface area (Å²) < 4.78 is 6.59. The fourth-order valence-electron chi connectivity index (χ4n) is 3.87. The van der Waals surface area contributed by atoms with Crippen molar-refractivity contribution in [2.24, 2.45) is 0 Å². The topological polar surface area (TPSA) is 102 Å². The summed E-state index contributed by atoms with van der Waals surface area (Å²) in [7, 11) is 1.53. The van der Waals surface area contributed by atoms with Gasteiger partial charge in [-0.05, 0) is 57.0 Å². The molecule has 0 bridgehead atoms. The first kappa shape index (κ1) is 24.2. The summed E-state index contributed by atoms with van der Waals surface area (Å²) >= 11 is 1.14. The molecule has 2 amide bonds. The second kappa shape index (κ2) is 9.71. The van der Waals surface area contributed by atoms with E-state index in [1.54, 1.807) is 32.0 Å². The third-order valence-corrected chi connectivity index (χ3v) is 7.07. The molecule has 0 saturated heterocycles. The largest absolute Gasteiger partial charge is 0.495 e. The highest BCUT2D eigenvalue weighted by atomic mass is 32.1. The summed E-state index contributed by atoms with van der Waals surface area (Å²) in [5.74, 6) is -0.160. The lowest BCUT2D eigenvalue weighted by Gasteiger charge is -2.16. The van der Waals surface area contributed by atoms with E-state index in [1.165, 1.54) is 18.0 Å². The highest BCUT2D eigenvalue weighted by molar-refractivity contribution is 7.20. The van der Waals surface area contributed by atoms with Gasteiger partial charge in [-0.15, -0.1) is 11.3 Å². The van der Waals surface area contributed by atoms with Crippen molar-refractivity contribution in [3.63, 3.8) is 0 Å². The molecule has 2 aromatic heterocycles. The maximum atomic E-state index is 13.4. The molecule has 2 aromatic carbocycles. The predicted molar refractivity (Wildman–Crippen MR) is 139 cm³/mol. The third-order valence-electron chi connectivity index (χ3n) is 5.87. The van der Waals surface area contributed by atoms with E-state index in [2.05, 4.69) is 15.6 Å². The average Bonchev–Trinajstić information content (AvgIpc) is 3.18. The molecule has 1 atom stereocenters. The Hall–Kier alpha value is -3.98. The molecule has 0 radical (unpaired) electrons. The molecule has 0 fully saturated rings. The fourth-order valence-corrected chi connectivity index (χ4v) is 4.91. The second-order valence-corrected chi connectivity index (χ2v) is 9.33. The van der Waals surface area contributed by atoms with Crippen LogP contribution in [0.2, 0.25) is 0 Å². The summed E-state index contributed by atoms with van der Waals surface area (Å²) in [6.45, 7) is 7.25. The smallest absolute Gasteiger partial charge is 0.266 e. The number of carbonyl (C=O) groups excluding carboxylic acids is 2. The zero-order chi connectivity index (χ0) is 25.3. The van der Waals surface area contributed by atoms with Gasteiger partial charge in [0, 0.05) is 5.69 Å². The van der Waals surface area contributed by atoms with Crippen LogP contribution in [-0.2, 0) is 4.79 Å². The molecular formula is C26H26N4O4S. The number of nitrogens with zero attached hydrogens (tertiary/aromatic N) is 2. The lowest BCUT2D eigenvalue weighted by Crippen LogP contribution is -2.32. The van der Waals surface area contributed by atoms with Crippen LogP contribution in [0.5, 0.6) is 5.75 Å². The Kier molecular flexibility index (Phi) is 6.70. The number of hydrogen-bond acceptors (Lipinski definition) is 6. The summed E-state index contributed by atoms with van der Waals surface area (Å²) in [6, 6.07) is 12.0.